The van der Waals surface area contributed by atoms with Crippen LogP contribution in [0.1, 0.15) is 99.3 Å². The second-order valence-corrected chi connectivity index (χ2v) is 14.7. The third kappa shape index (κ3) is 7.42. The summed E-state index contributed by atoms with van der Waals surface area (Å²) in [6, 6.07) is 22.4. The number of benzene rings is 3. The number of carbonyl (C=O) groups is 1. The summed E-state index contributed by atoms with van der Waals surface area (Å²) in [6.07, 6.45) is 6.57. The van der Waals surface area contributed by atoms with Gasteiger partial charge in [0, 0.05) is 65.1 Å². The molecule has 0 saturated carbocycles. The Hall–Kier alpha value is -3.73. The molecule has 0 bridgehead atoms. The maximum atomic E-state index is 12.2. The number of nitrogens with zero attached hydrogens (tertiary/aromatic N) is 1. The number of pyridine rings is 1. The molecule has 3 aromatic carbocycles. The number of furan rings is 2. The first-order valence-electron chi connectivity index (χ1n) is 17.3. The standard InChI is InChI=1S/C28H22NO2.C15H28O2.Ir/c1-16-11-18-14-25-21(15-24(18)30-16)26-23(31-25)9-10-29-27(26)19-12-17-7-5-6-8-20(17)22(13-19)28(2,3)4;1-7-14(5,8-2)12(16)11-13(17)15(6,9-3)10-4;/h5-11,13-15H,1-4H3;11,16H,7-10H2,1-6H3;/q-1;;/b;12-11-;. The van der Waals surface area contributed by atoms with Crippen molar-refractivity contribution in [3.8, 4) is 11.3 Å². The van der Waals surface area contributed by atoms with Crippen LogP contribution < -0.4 is 0 Å². The van der Waals surface area contributed by atoms with Crippen LogP contribution in [0.25, 0.3) is 54.9 Å². The van der Waals surface area contributed by atoms with Crippen molar-refractivity contribution in [1.82, 2.24) is 4.98 Å². The predicted molar refractivity (Wildman–Crippen MR) is 200 cm³/mol. The Kier molecular flexibility index (Phi) is 11.4. The van der Waals surface area contributed by atoms with E-state index in [4.69, 9.17) is 13.8 Å². The molecular formula is C43H50IrNO4-. The molecular weight excluding hydrogens is 787 g/mol. The third-order valence-corrected chi connectivity index (χ3v) is 10.6. The predicted octanol–water partition coefficient (Wildman–Crippen LogP) is 12.6. The molecule has 6 rings (SSSR count). The number of hydrogen-bond acceptors (Lipinski definition) is 5. The number of aromatic nitrogens is 1. The molecule has 0 fully saturated rings. The number of allylic oxidation sites excluding steroid dienone is 2. The fourth-order valence-corrected chi connectivity index (χ4v) is 6.25. The van der Waals surface area contributed by atoms with Gasteiger partial charge in [0.05, 0.1) is 0 Å². The maximum absolute atomic E-state index is 12.2. The van der Waals surface area contributed by atoms with Gasteiger partial charge in [-0.3, -0.25) is 9.78 Å². The van der Waals surface area contributed by atoms with Gasteiger partial charge >= 0.3 is 0 Å². The fourth-order valence-electron chi connectivity index (χ4n) is 6.25. The molecule has 3 aromatic heterocycles. The Bertz CT molecular complexity index is 2130. The molecule has 6 heteroatoms. The zero-order valence-electron chi connectivity index (χ0n) is 30.6. The summed E-state index contributed by atoms with van der Waals surface area (Å²) in [4.78, 5) is 17.0. The van der Waals surface area contributed by atoms with E-state index in [0.29, 0.717) is 0 Å². The Labute approximate surface area is 304 Å². The van der Waals surface area contributed by atoms with Crippen molar-refractivity contribution in [2.75, 3.05) is 0 Å². The van der Waals surface area contributed by atoms with Gasteiger partial charge in [-0.2, -0.15) is 0 Å². The van der Waals surface area contributed by atoms with E-state index in [0.717, 1.165) is 81.0 Å². The summed E-state index contributed by atoms with van der Waals surface area (Å²) in [5, 5.41) is 15.5. The molecule has 6 aromatic rings. The number of carbonyl (C=O) groups excluding carboxylic acids is 1. The average Bonchev–Trinajstić information content (AvgIpc) is 3.63. The number of fused-ring (bicyclic) bond motifs is 5. The Morgan fingerprint density at radius 2 is 1.47 bits per heavy atom. The van der Waals surface area contributed by atoms with Crippen molar-refractivity contribution < 1.29 is 38.8 Å². The summed E-state index contributed by atoms with van der Waals surface area (Å²) in [5.41, 5.74) is 5.07. The SMILES string of the molecule is CCC(C)(CC)C(=O)/C=C(\O)C(C)(CC)CC.Cc1cc2cc3oc4ccnc(-c5[c-]c6ccccc6c(C(C)(C)C)c5)c4c3cc2o1.[Ir]. The van der Waals surface area contributed by atoms with Gasteiger partial charge in [-0.25, -0.2) is 0 Å². The van der Waals surface area contributed by atoms with Crippen molar-refractivity contribution in [3.63, 3.8) is 0 Å². The minimum Gasteiger partial charge on any atom is -0.512 e. The van der Waals surface area contributed by atoms with E-state index in [9.17, 15) is 9.90 Å². The minimum absolute atomic E-state index is 0. The Morgan fingerprint density at radius 3 is 2.10 bits per heavy atom. The smallest absolute Gasteiger partial charge is 0.164 e. The molecule has 0 amide bonds. The first kappa shape index (κ1) is 38.1. The molecule has 0 aliphatic carbocycles. The zero-order valence-corrected chi connectivity index (χ0v) is 33.0. The summed E-state index contributed by atoms with van der Waals surface area (Å²) >= 11 is 0. The minimum atomic E-state index is -0.337. The molecule has 0 atom stereocenters. The van der Waals surface area contributed by atoms with Gasteiger partial charge in [-0.15, -0.1) is 29.1 Å². The summed E-state index contributed by atoms with van der Waals surface area (Å²) < 4.78 is 12.1. The zero-order chi connectivity index (χ0) is 35.0. The second kappa shape index (κ2) is 14.6. The normalized spacial score (nSPS) is 12.7. The van der Waals surface area contributed by atoms with Crippen molar-refractivity contribution in [1.29, 1.82) is 0 Å². The second-order valence-electron chi connectivity index (χ2n) is 14.7. The molecule has 0 aliphatic heterocycles. The number of hydrogen-bond donors (Lipinski definition) is 1. The Morgan fingerprint density at radius 1 is 0.816 bits per heavy atom. The topological polar surface area (TPSA) is 76.5 Å². The van der Waals surface area contributed by atoms with Crippen LogP contribution in [0.5, 0.6) is 0 Å². The molecule has 1 radical (unpaired) electrons. The van der Waals surface area contributed by atoms with Gasteiger partial charge in [0.1, 0.15) is 28.3 Å². The third-order valence-electron chi connectivity index (χ3n) is 10.6. The van der Waals surface area contributed by atoms with Crippen molar-refractivity contribution in [2.24, 2.45) is 10.8 Å². The van der Waals surface area contributed by atoms with Crippen LogP contribution >= 0.6 is 0 Å². The van der Waals surface area contributed by atoms with Crippen LogP contribution in [0.4, 0.5) is 0 Å². The van der Waals surface area contributed by atoms with E-state index in [-0.39, 0.29) is 47.9 Å². The monoisotopic (exact) mass is 837 g/mol. The molecule has 0 spiro atoms. The van der Waals surface area contributed by atoms with Crippen molar-refractivity contribution >= 4 is 49.5 Å². The van der Waals surface area contributed by atoms with E-state index in [1.807, 2.05) is 66.8 Å². The molecule has 0 saturated heterocycles. The van der Waals surface area contributed by atoms with E-state index < -0.39 is 0 Å². The van der Waals surface area contributed by atoms with Gasteiger partial charge in [-0.1, -0.05) is 91.5 Å². The van der Waals surface area contributed by atoms with Crippen LogP contribution in [-0.2, 0) is 30.3 Å². The summed E-state index contributed by atoms with van der Waals surface area (Å²) in [7, 11) is 0. The van der Waals surface area contributed by atoms with Crippen molar-refractivity contribution in [2.45, 2.75) is 100 Å². The van der Waals surface area contributed by atoms with Gasteiger partial charge in [0.15, 0.2) is 5.78 Å². The largest absolute Gasteiger partial charge is 0.512 e. The van der Waals surface area contributed by atoms with Crippen LogP contribution in [0.15, 0.2) is 81.5 Å². The quantitative estimate of drug-likeness (QED) is 0.0939. The Balaban J connectivity index is 0.000000260. The van der Waals surface area contributed by atoms with Gasteiger partial charge in [-0.05, 0) is 62.3 Å². The number of aryl methyl sites for hydroxylation is 1. The first-order valence-corrected chi connectivity index (χ1v) is 17.3. The molecule has 3 heterocycles. The number of aliphatic hydroxyl groups is 1. The molecule has 0 unspecified atom stereocenters. The van der Waals surface area contributed by atoms with E-state index >= 15 is 0 Å². The molecule has 49 heavy (non-hydrogen) atoms. The van der Waals surface area contributed by atoms with Gasteiger partial charge in [0.2, 0.25) is 0 Å². The maximum Gasteiger partial charge on any atom is 0.164 e. The van der Waals surface area contributed by atoms with Crippen LogP contribution in [0.3, 0.4) is 0 Å². The summed E-state index contributed by atoms with van der Waals surface area (Å²) in [6.45, 7) is 20.8. The van der Waals surface area contributed by atoms with E-state index in [1.54, 1.807) is 0 Å². The number of rotatable bonds is 8. The molecule has 5 nitrogen and oxygen atoms in total. The molecule has 1 N–H and O–H groups in total. The molecule has 261 valence electrons. The summed E-state index contributed by atoms with van der Waals surface area (Å²) in [5.74, 6) is 1.18. The number of aliphatic hydroxyl groups excluding tert-OH is 1. The number of ketones is 1. The van der Waals surface area contributed by atoms with Crippen LogP contribution in [0, 0.1) is 23.8 Å². The van der Waals surface area contributed by atoms with E-state index in [2.05, 4.69) is 69.3 Å². The van der Waals surface area contributed by atoms with E-state index in [1.165, 1.54) is 17.0 Å². The first-order chi connectivity index (χ1) is 22.7. The van der Waals surface area contributed by atoms with Crippen LogP contribution in [0.2, 0.25) is 0 Å². The fraction of sp³-hybridized carbons (Fsp3) is 0.395. The molecule has 0 aliphatic rings. The van der Waals surface area contributed by atoms with Crippen molar-refractivity contribution in [3.05, 3.63) is 90.0 Å². The average molecular weight is 837 g/mol. The van der Waals surface area contributed by atoms with Gasteiger partial charge < -0.3 is 13.9 Å². The van der Waals surface area contributed by atoms with Crippen LogP contribution in [-0.4, -0.2) is 15.9 Å². The van der Waals surface area contributed by atoms with Gasteiger partial charge in [0.25, 0.3) is 0 Å².